The third-order valence-corrected chi connectivity index (χ3v) is 3.53. The van der Waals surface area contributed by atoms with Crippen LogP contribution >= 0.6 is 0 Å². The molecule has 1 atom stereocenters. The molecule has 3 rings (SSSR count). The summed E-state index contributed by atoms with van der Waals surface area (Å²) in [6, 6.07) is 3.52. The number of hydrogen-bond donors (Lipinski definition) is 1. The Morgan fingerprint density at radius 2 is 2.16 bits per heavy atom. The summed E-state index contributed by atoms with van der Waals surface area (Å²) < 4.78 is 0. The molecule has 1 saturated heterocycles. The summed E-state index contributed by atoms with van der Waals surface area (Å²) in [7, 11) is 0. The van der Waals surface area contributed by atoms with Gasteiger partial charge in [-0.3, -0.25) is 14.6 Å². The maximum Gasteiger partial charge on any atom is 0.272 e. The van der Waals surface area contributed by atoms with Gasteiger partial charge in [-0.15, -0.1) is 0 Å². The molecule has 6 nitrogen and oxygen atoms in total. The van der Waals surface area contributed by atoms with E-state index in [1.165, 1.54) is 6.92 Å². The second-order valence-electron chi connectivity index (χ2n) is 4.87. The van der Waals surface area contributed by atoms with Crippen molar-refractivity contribution in [1.82, 2.24) is 15.2 Å². The van der Waals surface area contributed by atoms with E-state index in [1.54, 1.807) is 29.4 Å². The van der Waals surface area contributed by atoms with Gasteiger partial charge in [0.1, 0.15) is 5.71 Å². The predicted molar refractivity (Wildman–Crippen MR) is 68.5 cm³/mol. The van der Waals surface area contributed by atoms with E-state index in [-0.39, 0.29) is 11.8 Å². The van der Waals surface area contributed by atoms with Gasteiger partial charge < -0.3 is 10.2 Å². The molecule has 2 amide bonds. The molecular weight excluding hydrogens is 244 g/mol. The number of carbonyl (C=O) groups excluding carboxylic acids is 2. The highest BCUT2D eigenvalue weighted by molar-refractivity contribution is 6.46. The first-order valence-corrected chi connectivity index (χ1v) is 6.18. The number of likely N-dealkylation sites (tertiary alicyclic amines) is 1. The molecule has 2 aliphatic heterocycles. The number of pyridine rings is 1. The molecule has 19 heavy (non-hydrogen) atoms. The highest BCUT2D eigenvalue weighted by atomic mass is 16.2. The third-order valence-electron chi connectivity index (χ3n) is 3.53. The van der Waals surface area contributed by atoms with Gasteiger partial charge >= 0.3 is 0 Å². The predicted octanol–water partition coefficient (Wildman–Crippen LogP) is -0.0510. The highest BCUT2D eigenvalue weighted by Gasteiger charge is 2.45. The van der Waals surface area contributed by atoms with Crippen molar-refractivity contribution in [1.29, 1.82) is 0 Å². The number of aromatic nitrogens is 1. The van der Waals surface area contributed by atoms with Crippen molar-refractivity contribution in [3.63, 3.8) is 0 Å². The lowest BCUT2D eigenvalue weighted by Crippen LogP contribution is -2.45. The lowest BCUT2D eigenvalue weighted by Gasteiger charge is -2.20. The smallest absolute Gasteiger partial charge is 0.272 e. The van der Waals surface area contributed by atoms with Gasteiger partial charge in [0, 0.05) is 37.8 Å². The maximum atomic E-state index is 12.0. The average Bonchev–Trinajstić information content (AvgIpc) is 2.95. The van der Waals surface area contributed by atoms with Crippen LogP contribution in [0.2, 0.25) is 0 Å². The normalized spacial score (nSPS) is 25.6. The Labute approximate surface area is 110 Å². The molecule has 0 radical (unpaired) electrons. The Morgan fingerprint density at radius 3 is 2.79 bits per heavy atom. The number of nitrogens with zero attached hydrogens (tertiary/aromatic N) is 3. The van der Waals surface area contributed by atoms with Gasteiger partial charge in [0.25, 0.3) is 5.91 Å². The second kappa shape index (κ2) is 4.15. The Hall–Kier alpha value is -2.24. The van der Waals surface area contributed by atoms with Crippen molar-refractivity contribution in [2.45, 2.75) is 19.0 Å². The first kappa shape index (κ1) is 11.8. The van der Waals surface area contributed by atoms with Crippen LogP contribution in [0.25, 0.3) is 0 Å². The summed E-state index contributed by atoms with van der Waals surface area (Å²) in [5.41, 5.74) is 0.542. The van der Waals surface area contributed by atoms with Crippen LogP contribution in [0.4, 0.5) is 0 Å². The van der Waals surface area contributed by atoms with E-state index in [4.69, 9.17) is 0 Å². The molecule has 1 spiro atoms. The number of aliphatic imine (C=N–C) groups is 1. The minimum absolute atomic E-state index is 0.0127. The molecule has 1 N–H and O–H groups in total. The molecule has 6 heteroatoms. The molecule has 0 aromatic carbocycles. The highest BCUT2D eigenvalue weighted by Crippen LogP contribution is 2.27. The van der Waals surface area contributed by atoms with Gasteiger partial charge in [-0.1, -0.05) is 0 Å². The summed E-state index contributed by atoms with van der Waals surface area (Å²) in [6.45, 7) is 2.61. The fourth-order valence-corrected chi connectivity index (χ4v) is 2.52. The van der Waals surface area contributed by atoms with Gasteiger partial charge in [-0.05, 0) is 12.1 Å². The van der Waals surface area contributed by atoms with Gasteiger partial charge in [0.15, 0.2) is 5.66 Å². The van der Waals surface area contributed by atoms with Crippen LogP contribution < -0.4 is 5.32 Å². The van der Waals surface area contributed by atoms with E-state index < -0.39 is 5.66 Å². The third kappa shape index (κ3) is 1.99. The second-order valence-corrected chi connectivity index (χ2v) is 4.87. The molecule has 0 aliphatic carbocycles. The number of nitrogens with one attached hydrogen (secondary N) is 1. The van der Waals surface area contributed by atoms with Crippen LogP contribution in [-0.4, -0.2) is 46.2 Å². The average molecular weight is 258 g/mol. The summed E-state index contributed by atoms with van der Waals surface area (Å²) >= 11 is 0. The SMILES string of the molecule is CC(=O)N1CCC2(C1)N=C(c1ccncc1)C(=O)N2. The minimum atomic E-state index is -0.638. The largest absolute Gasteiger partial charge is 0.338 e. The lowest BCUT2D eigenvalue weighted by atomic mass is 10.1. The van der Waals surface area contributed by atoms with Crippen molar-refractivity contribution in [2.24, 2.45) is 4.99 Å². The fourth-order valence-electron chi connectivity index (χ4n) is 2.52. The molecule has 98 valence electrons. The Morgan fingerprint density at radius 1 is 1.42 bits per heavy atom. The molecule has 3 heterocycles. The molecule has 0 saturated carbocycles. The molecule has 1 fully saturated rings. The molecule has 1 aromatic rings. The zero-order valence-corrected chi connectivity index (χ0v) is 10.6. The molecule has 1 aromatic heterocycles. The fraction of sp³-hybridized carbons (Fsp3) is 0.385. The zero-order chi connectivity index (χ0) is 13.5. The Balaban J connectivity index is 1.90. The van der Waals surface area contributed by atoms with E-state index >= 15 is 0 Å². The number of rotatable bonds is 1. The van der Waals surface area contributed by atoms with Crippen molar-refractivity contribution >= 4 is 17.5 Å². The number of carbonyl (C=O) groups is 2. The van der Waals surface area contributed by atoms with E-state index in [9.17, 15) is 9.59 Å². The Bertz CT molecular complexity index is 569. The van der Waals surface area contributed by atoms with Crippen LogP contribution in [0, 0.1) is 0 Å². The van der Waals surface area contributed by atoms with Crippen LogP contribution in [0.1, 0.15) is 18.9 Å². The zero-order valence-electron chi connectivity index (χ0n) is 10.6. The van der Waals surface area contributed by atoms with Crippen LogP contribution in [-0.2, 0) is 9.59 Å². The van der Waals surface area contributed by atoms with Crippen LogP contribution in [0.5, 0.6) is 0 Å². The number of hydrogen-bond acceptors (Lipinski definition) is 4. The van der Waals surface area contributed by atoms with E-state index in [2.05, 4.69) is 15.3 Å². The quantitative estimate of drug-likeness (QED) is 0.767. The number of amides is 2. The van der Waals surface area contributed by atoms with E-state index in [0.29, 0.717) is 25.2 Å². The first-order valence-electron chi connectivity index (χ1n) is 6.18. The first-order chi connectivity index (χ1) is 9.10. The summed E-state index contributed by atoms with van der Waals surface area (Å²) in [5, 5.41) is 2.91. The van der Waals surface area contributed by atoms with Crippen LogP contribution in [0.15, 0.2) is 29.5 Å². The molecular formula is C13H14N4O2. The maximum absolute atomic E-state index is 12.0. The molecule has 2 aliphatic rings. The van der Waals surface area contributed by atoms with Gasteiger partial charge in [0.2, 0.25) is 5.91 Å². The molecule has 1 unspecified atom stereocenters. The van der Waals surface area contributed by atoms with E-state index in [1.807, 2.05) is 0 Å². The summed E-state index contributed by atoms with van der Waals surface area (Å²) in [6.07, 6.45) is 3.92. The summed E-state index contributed by atoms with van der Waals surface area (Å²) in [4.78, 5) is 33.6. The van der Waals surface area contributed by atoms with Gasteiger partial charge in [-0.2, -0.15) is 0 Å². The molecule has 0 bridgehead atoms. The summed E-state index contributed by atoms with van der Waals surface area (Å²) in [5.74, 6) is -0.171. The van der Waals surface area contributed by atoms with Crippen molar-refractivity contribution in [3.8, 4) is 0 Å². The van der Waals surface area contributed by atoms with Crippen molar-refractivity contribution < 1.29 is 9.59 Å². The topological polar surface area (TPSA) is 74.7 Å². The monoisotopic (exact) mass is 258 g/mol. The standard InChI is InChI=1S/C13H14N4O2/c1-9(18)17-7-4-13(8-17)15-11(12(19)16-13)10-2-5-14-6-3-10/h2-3,5-6H,4,7-8H2,1H3,(H,16,19). The van der Waals surface area contributed by atoms with Crippen molar-refractivity contribution in [2.75, 3.05) is 13.1 Å². The minimum Gasteiger partial charge on any atom is -0.338 e. The van der Waals surface area contributed by atoms with E-state index in [0.717, 1.165) is 5.56 Å². The van der Waals surface area contributed by atoms with Gasteiger partial charge in [-0.25, -0.2) is 4.99 Å². The van der Waals surface area contributed by atoms with Crippen LogP contribution in [0.3, 0.4) is 0 Å². The van der Waals surface area contributed by atoms with Gasteiger partial charge in [0.05, 0.1) is 6.54 Å². The lowest BCUT2D eigenvalue weighted by molar-refractivity contribution is -0.128. The Kier molecular flexibility index (Phi) is 2.58. The van der Waals surface area contributed by atoms with Crippen molar-refractivity contribution in [3.05, 3.63) is 30.1 Å².